The van der Waals surface area contributed by atoms with E-state index in [2.05, 4.69) is 4.98 Å². The number of halogens is 1. The molecule has 0 aliphatic rings. The van der Waals surface area contributed by atoms with Crippen molar-refractivity contribution in [1.29, 1.82) is 0 Å². The average molecular weight is 432 g/mol. The summed E-state index contributed by atoms with van der Waals surface area (Å²) in [4.78, 5) is 30.3. The maximum absolute atomic E-state index is 14.8. The Kier molecular flexibility index (Phi) is 7.60. The molecule has 0 saturated heterocycles. The second-order valence-electron chi connectivity index (χ2n) is 7.97. The quantitative estimate of drug-likeness (QED) is 0.654. The summed E-state index contributed by atoms with van der Waals surface area (Å²) in [5.41, 5.74) is 0.825. The van der Waals surface area contributed by atoms with Crippen molar-refractivity contribution in [3.8, 4) is 11.5 Å². The first-order chi connectivity index (χ1) is 14.5. The number of carboxylic acid groups (broad SMARTS) is 1. The van der Waals surface area contributed by atoms with E-state index in [-0.39, 0.29) is 17.4 Å². The van der Waals surface area contributed by atoms with E-state index in [0.717, 1.165) is 10.5 Å². The van der Waals surface area contributed by atoms with E-state index in [9.17, 15) is 24.2 Å². The Balaban J connectivity index is 2.61. The van der Waals surface area contributed by atoms with E-state index >= 15 is 0 Å². The third kappa shape index (κ3) is 4.95. The summed E-state index contributed by atoms with van der Waals surface area (Å²) < 4.78 is 19.9. The van der Waals surface area contributed by atoms with Crippen LogP contribution in [0.15, 0.2) is 30.5 Å². The van der Waals surface area contributed by atoms with Gasteiger partial charge in [-0.25, -0.2) is 14.2 Å². The van der Waals surface area contributed by atoms with Crippen LogP contribution in [0.4, 0.5) is 4.39 Å². The van der Waals surface area contributed by atoms with Crippen molar-refractivity contribution in [2.75, 3.05) is 7.11 Å². The number of carbonyl (C=O) groups is 2. The summed E-state index contributed by atoms with van der Waals surface area (Å²) in [7, 11) is 1.33. The maximum Gasteiger partial charge on any atom is 0.326 e. The molecule has 2 aromatic rings. The molecule has 0 spiro atoms. The number of carbonyl (C=O) groups excluding carboxylic acids is 1. The molecule has 7 nitrogen and oxygen atoms in total. The Hall–Kier alpha value is -3.16. The van der Waals surface area contributed by atoms with Gasteiger partial charge in [-0.05, 0) is 43.9 Å². The Morgan fingerprint density at radius 1 is 1.16 bits per heavy atom. The zero-order valence-electron chi connectivity index (χ0n) is 18.6. The number of hydrogen-bond donors (Lipinski definition) is 2. The second kappa shape index (κ2) is 9.76. The number of methoxy groups -OCH3 is 1. The minimum atomic E-state index is -1.25. The van der Waals surface area contributed by atoms with E-state index in [1.54, 1.807) is 26.0 Å². The molecule has 31 heavy (non-hydrogen) atoms. The fourth-order valence-electron chi connectivity index (χ4n) is 3.96. The van der Waals surface area contributed by atoms with Crippen molar-refractivity contribution >= 4 is 11.9 Å². The van der Waals surface area contributed by atoms with Crippen molar-refractivity contribution in [3.63, 3.8) is 0 Å². The van der Waals surface area contributed by atoms with Gasteiger partial charge >= 0.3 is 5.97 Å². The van der Waals surface area contributed by atoms with Crippen LogP contribution in [0.25, 0.3) is 0 Å². The van der Waals surface area contributed by atoms with Crippen LogP contribution in [0.2, 0.25) is 0 Å². The smallest absolute Gasteiger partial charge is 0.326 e. The fourth-order valence-corrected chi connectivity index (χ4v) is 3.96. The van der Waals surface area contributed by atoms with Crippen LogP contribution in [0.3, 0.4) is 0 Å². The number of rotatable bonds is 8. The molecule has 8 heteroatoms. The molecule has 2 rings (SSSR count). The summed E-state index contributed by atoms with van der Waals surface area (Å²) in [6, 6.07) is 4.29. The van der Waals surface area contributed by atoms with Crippen molar-refractivity contribution in [2.45, 2.75) is 52.6 Å². The molecule has 1 unspecified atom stereocenters. The van der Waals surface area contributed by atoms with Gasteiger partial charge in [0.05, 0.1) is 7.11 Å². The van der Waals surface area contributed by atoms with Crippen molar-refractivity contribution in [1.82, 2.24) is 9.88 Å². The lowest BCUT2D eigenvalue weighted by atomic mass is 9.81. The second-order valence-corrected chi connectivity index (χ2v) is 7.97. The molecule has 0 fully saturated rings. The number of aryl methyl sites for hydroxylation is 1. The SMILES string of the molecule is COc1ccnc(C(=O)N(C(C)[C@H](c2ccc(C)cc2F)C(C)C)[C@@H](C)C(=O)O)c1O. The normalized spacial score (nSPS) is 14.1. The van der Waals surface area contributed by atoms with E-state index in [1.165, 1.54) is 32.4 Å². The van der Waals surface area contributed by atoms with Crippen LogP contribution in [-0.2, 0) is 4.79 Å². The maximum atomic E-state index is 14.8. The van der Waals surface area contributed by atoms with Crippen LogP contribution >= 0.6 is 0 Å². The molecule has 0 saturated carbocycles. The van der Waals surface area contributed by atoms with E-state index in [1.807, 2.05) is 13.8 Å². The summed E-state index contributed by atoms with van der Waals surface area (Å²) in [6.07, 6.45) is 1.29. The van der Waals surface area contributed by atoms with Crippen molar-refractivity contribution in [3.05, 3.63) is 53.1 Å². The van der Waals surface area contributed by atoms with Crippen LogP contribution < -0.4 is 4.74 Å². The highest BCUT2D eigenvalue weighted by Crippen LogP contribution is 2.36. The van der Waals surface area contributed by atoms with Gasteiger partial charge in [-0.1, -0.05) is 26.0 Å². The molecule has 3 atom stereocenters. The van der Waals surface area contributed by atoms with Gasteiger partial charge in [-0.3, -0.25) is 4.79 Å². The summed E-state index contributed by atoms with van der Waals surface area (Å²) in [5, 5.41) is 20.1. The Morgan fingerprint density at radius 3 is 2.32 bits per heavy atom. The fraction of sp³-hybridized carbons (Fsp3) is 0.435. The molecule has 168 valence electrons. The minimum absolute atomic E-state index is 0.0407. The Morgan fingerprint density at radius 2 is 1.81 bits per heavy atom. The van der Waals surface area contributed by atoms with Crippen LogP contribution in [0, 0.1) is 18.7 Å². The first-order valence-electron chi connectivity index (χ1n) is 10.0. The molecule has 2 N–H and O–H groups in total. The lowest BCUT2D eigenvalue weighted by molar-refractivity contribution is -0.142. The number of aromatic hydroxyl groups is 1. The average Bonchev–Trinajstić information content (AvgIpc) is 2.69. The number of nitrogens with zero attached hydrogens (tertiary/aromatic N) is 2. The summed E-state index contributed by atoms with van der Waals surface area (Å²) in [6.45, 7) is 8.60. The molecular formula is C23H29FN2O5. The highest BCUT2D eigenvalue weighted by molar-refractivity contribution is 5.98. The lowest BCUT2D eigenvalue weighted by Gasteiger charge is -2.39. The van der Waals surface area contributed by atoms with Crippen LogP contribution in [0.5, 0.6) is 11.5 Å². The van der Waals surface area contributed by atoms with Gasteiger partial charge in [0.15, 0.2) is 17.2 Å². The minimum Gasteiger partial charge on any atom is -0.503 e. The largest absolute Gasteiger partial charge is 0.503 e. The number of hydrogen-bond acceptors (Lipinski definition) is 5. The highest BCUT2D eigenvalue weighted by atomic mass is 19.1. The van der Waals surface area contributed by atoms with Gasteiger partial charge in [-0.15, -0.1) is 0 Å². The Bertz CT molecular complexity index is 963. The van der Waals surface area contributed by atoms with E-state index < -0.39 is 41.4 Å². The van der Waals surface area contributed by atoms with E-state index in [0.29, 0.717) is 5.56 Å². The molecule has 0 radical (unpaired) electrons. The molecule has 0 bridgehead atoms. The number of benzene rings is 1. The van der Waals surface area contributed by atoms with Gasteiger partial charge < -0.3 is 19.8 Å². The summed E-state index contributed by atoms with van der Waals surface area (Å²) >= 11 is 0. The Labute approximate surface area is 181 Å². The molecule has 1 amide bonds. The monoisotopic (exact) mass is 432 g/mol. The predicted octanol–water partition coefficient (Wildman–Crippen LogP) is 3.99. The van der Waals surface area contributed by atoms with Gasteiger partial charge in [0.25, 0.3) is 5.91 Å². The molecule has 1 aromatic carbocycles. The number of aromatic nitrogens is 1. The number of ether oxygens (including phenoxy) is 1. The molecule has 1 aromatic heterocycles. The van der Waals surface area contributed by atoms with Gasteiger partial charge in [0.2, 0.25) is 0 Å². The molecular weight excluding hydrogens is 403 g/mol. The first kappa shape index (κ1) is 24.1. The topological polar surface area (TPSA) is 100.0 Å². The van der Waals surface area contributed by atoms with Crippen molar-refractivity contribution in [2.24, 2.45) is 5.92 Å². The first-order valence-corrected chi connectivity index (χ1v) is 10.0. The zero-order chi connectivity index (χ0) is 23.5. The van der Waals surface area contributed by atoms with Crippen LogP contribution in [-0.4, -0.2) is 51.2 Å². The van der Waals surface area contributed by atoms with E-state index in [4.69, 9.17) is 4.74 Å². The van der Waals surface area contributed by atoms with Gasteiger partial charge in [0, 0.05) is 24.2 Å². The molecule has 0 aliphatic carbocycles. The van der Waals surface area contributed by atoms with Gasteiger partial charge in [-0.2, -0.15) is 0 Å². The number of carboxylic acids is 1. The third-order valence-electron chi connectivity index (χ3n) is 5.51. The number of aliphatic carboxylic acids is 1. The molecule has 0 aliphatic heterocycles. The van der Waals surface area contributed by atoms with Crippen LogP contribution in [0.1, 0.15) is 55.2 Å². The lowest BCUT2D eigenvalue weighted by Crippen LogP contribution is -2.51. The zero-order valence-corrected chi connectivity index (χ0v) is 18.6. The molecule has 1 heterocycles. The van der Waals surface area contributed by atoms with Gasteiger partial charge in [0.1, 0.15) is 11.9 Å². The third-order valence-corrected chi connectivity index (χ3v) is 5.51. The predicted molar refractivity (Wildman–Crippen MR) is 114 cm³/mol. The van der Waals surface area contributed by atoms with Crippen molar-refractivity contribution < 1.29 is 28.9 Å². The number of amides is 1. The standard InChI is InChI=1S/C23H29FN2O5/c1-12(2)19(16-8-7-13(3)11-17(16)24)14(4)26(15(5)23(29)30)22(28)20-21(27)18(31-6)9-10-25-20/h7-12,14-15,19,27H,1-6H3,(H,29,30)/t14?,15-,19+/m0/s1. The number of pyridine rings is 1. The summed E-state index contributed by atoms with van der Waals surface area (Å²) in [5.74, 6) is -3.48. The highest BCUT2D eigenvalue weighted by Gasteiger charge is 2.39.